The van der Waals surface area contributed by atoms with Gasteiger partial charge in [0.2, 0.25) is 11.8 Å². The van der Waals surface area contributed by atoms with Crippen LogP contribution in [0, 0.1) is 6.92 Å². The molecule has 27 heavy (non-hydrogen) atoms. The van der Waals surface area contributed by atoms with Crippen molar-refractivity contribution < 1.29 is 18.7 Å². The molecule has 0 radical (unpaired) electrons. The van der Waals surface area contributed by atoms with Gasteiger partial charge in [0.25, 0.3) is 5.22 Å². The number of nitrogens with zero attached hydrogens (tertiary/aromatic N) is 3. The number of methoxy groups -OCH3 is 1. The number of benzene rings is 1. The molecule has 8 nitrogen and oxygen atoms in total. The normalized spacial score (nSPS) is 10.6. The highest BCUT2D eigenvalue weighted by atomic mass is 32.2. The van der Waals surface area contributed by atoms with Crippen molar-refractivity contribution in [3.8, 4) is 0 Å². The fourth-order valence-electron chi connectivity index (χ4n) is 2.14. The van der Waals surface area contributed by atoms with E-state index in [2.05, 4.69) is 25.2 Å². The van der Waals surface area contributed by atoms with Crippen molar-refractivity contribution in [2.45, 2.75) is 18.6 Å². The van der Waals surface area contributed by atoms with Crippen LogP contribution in [0.2, 0.25) is 0 Å². The van der Waals surface area contributed by atoms with E-state index in [1.807, 2.05) is 12.3 Å². The van der Waals surface area contributed by atoms with Crippen LogP contribution < -0.4 is 5.32 Å². The van der Waals surface area contributed by atoms with Crippen molar-refractivity contribution in [1.82, 2.24) is 15.2 Å². The van der Waals surface area contributed by atoms with Gasteiger partial charge in [-0.2, -0.15) is 0 Å². The van der Waals surface area contributed by atoms with Crippen molar-refractivity contribution in [1.29, 1.82) is 0 Å². The molecule has 10 heteroatoms. The maximum Gasteiger partial charge on any atom is 0.337 e. The van der Waals surface area contributed by atoms with E-state index < -0.39 is 5.97 Å². The van der Waals surface area contributed by atoms with E-state index in [0.29, 0.717) is 28.8 Å². The zero-order valence-electron chi connectivity index (χ0n) is 14.6. The predicted octanol–water partition coefficient (Wildman–Crippen LogP) is 2.94. The van der Waals surface area contributed by atoms with E-state index in [0.717, 1.165) is 22.5 Å². The Bertz CT molecular complexity index is 937. The van der Waals surface area contributed by atoms with Crippen molar-refractivity contribution in [2.24, 2.45) is 0 Å². The first-order chi connectivity index (χ1) is 13.0. The summed E-state index contributed by atoms with van der Waals surface area (Å²) in [6, 6.07) is 6.43. The molecule has 0 fully saturated rings. The molecule has 1 N–H and O–H groups in total. The van der Waals surface area contributed by atoms with Crippen LogP contribution in [-0.2, 0) is 16.0 Å². The van der Waals surface area contributed by atoms with Crippen LogP contribution in [0.3, 0.4) is 0 Å². The van der Waals surface area contributed by atoms with Gasteiger partial charge in [-0.1, -0.05) is 11.8 Å². The van der Waals surface area contributed by atoms with E-state index in [-0.39, 0.29) is 11.7 Å². The van der Waals surface area contributed by atoms with Crippen LogP contribution in [0.25, 0.3) is 0 Å². The van der Waals surface area contributed by atoms with Crippen LogP contribution in [-0.4, -0.2) is 39.9 Å². The molecule has 1 amide bonds. The second-order valence-corrected chi connectivity index (χ2v) is 7.39. The molecule has 0 saturated carbocycles. The summed E-state index contributed by atoms with van der Waals surface area (Å²) in [5.41, 5.74) is 1.88. The average Bonchev–Trinajstić information content (AvgIpc) is 3.29. The second kappa shape index (κ2) is 8.78. The van der Waals surface area contributed by atoms with Crippen molar-refractivity contribution >= 4 is 40.7 Å². The van der Waals surface area contributed by atoms with E-state index >= 15 is 0 Å². The summed E-state index contributed by atoms with van der Waals surface area (Å²) in [5, 5.41) is 13.9. The number of hydrogen-bond donors (Lipinski definition) is 1. The van der Waals surface area contributed by atoms with Crippen molar-refractivity contribution in [3.05, 3.63) is 51.8 Å². The summed E-state index contributed by atoms with van der Waals surface area (Å²) >= 11 is 2.72. The summed E-state index contributed by atoms with van der Waals surface area (Å²) in [6.07, 6.45) is 0.469. The molecule has 0 saturated heterocycles. The van der Waals surface area contributed by atoms with Gasteiger partial charge in [0, 0.05) is 11.1 Å². The molecule has 0 spiro atoms. The summed E-state index contributed by atoms with van der Waals surface area (Å²) in [6.45, 7) is 1.94. The highest BCUT2D eigenvalue weighted by molar-refractivity contribution is 7.99. The Morgan fingerprint density at radius 1 is 1.26 bits per heavy atom. The van der Waals surface area contributed by atoms with Crippen molar-refractivity contribution in [3.63, 3.8) is 0 Å². The third-order valence-corrected chi connectivity index (χ3v) is 5.00. The maximum absolute atomic E-state index is 12.0. The number of esters is 1. The SMILES string of the molecule is COC(=O)c1ccc(NC(=O)CSc2nnc(Cc3csc(C)n3)o2)cc1. The Kier molecular flexibility index (Phi) is 6.20. The molecule has 0 bridgehead atoms. The van der Waals surface area contributed by atoms with Gasteiger partial charge in [-0.3, -0.25) is 4.79 Å². The Morgan fingerprint density at radius 3 is 2.70 bits per heavy atom. The highest BCUT2D eigenvalue weighted by Gasteiger charge is 2.12. The number of thioether (sulfide) groups is 1. The summed E-state index contributed by atoms with van der Waals surface area (Å²) in [5.74, 6) is -0.0679. The van der Waals surface area contributed by atoms with Gasteiger partial charge < -0.3 is 14.5 Å². The number of carbonyl (C=O) groups is 2. The van der Waals surface area contributed by atoms with Crippen LogP contribution >= 0.6 is 23.1 Å². The summed E-state index contributed by atoms with van der Waals surface area (Å²) in [4.78, 5) is 27.8. The minimum Gasteiger partial charge on any atom is -0.465 e. The summed E-state index contributed by atoms with van der Waals surface area (Å²) < 4.78 is 10.2. The highest BCUT2D eigenvalue weighted by Crippen LogP contribution is 2.19. The zero-order chi connectivity index (χ0) is 19.2. The number of thiazole rings is 1. The summed E-state index contributed by atoms with van der Waals surface area (Å²) in [7, 11) is 1.32. The quantitative estimate of drug-likeness (QED) is 0.473. The molecule has 2 heterocycles. The Balaban J connectivity index is 1.48. The first-order valence-electron chi connectivity index (χ1n) is 7.88. The number of hydrogen-bond acceptors (Lipinski definition) is 9. The molecule has 2 aromatic heterocycles. The third kappa shape index (κ3) is 5.38. The number of nitrogens with one attached hydrogen (secondary N) is 1. The number of aromatic nitrogens is 3. The maximum atomic E-state index is 12.0. The lowest BCUT2D eigenvalue weighted by Gasteiger charge is -2.05. The average molecular weight is 404 g/mol. The van der Waals surface area contributed by atoms with Gasteiger partial charge in [-0.05, 0) is 31.2 Å². The van der Waals surface area contributed by atoms with E-state index in [4.69, 9.17) is 4.42 Å². The molecule has 0 aliphatic carbocycles. The van der Waals surface area contributed by atoms with Gasteiger partial charge in [0.1, 0.15) is 0 Å². The fourth-order valence-corrected chi connectivity index (χ4v) is 3.34. The van der Waals surface area contributed by atoms with Gasteiger partial charge in [-0.25, -0.2) is 9.78 Å². The van der Waals surface area contributed by atoms with Crippen LogP contribution in [0.4, 0.5) is 5.69 Å². The molecule has 0 aliphatic heterocycles. The smallest absolute Gasteiger partial charge is 0.337 e. The Morgan fingerprint density at radius 2 is 2.04 bits per heavy atom. The minimum atomic E-state index is -0.427. The standard InChI is InChI=1S/C17H16N4O4S2/c1-10-18-13(8-26-10)7-15-20-21-17(25-15)27-9-14(22)19-12-5-3-11(4-6-12)16(23)24-2/h3-6,8H,7,9H2,1-2H3,(H,19,22). The number of rotatable bonds is 7. The first-order valence-corrected chi connectivity index (χ1v) is 9.74. The second-order valence-electron chi connectivity index (χ2n) is 5.40. The topological polar surface area (TPSA) is 107 Å². The predicted molar refractivity (Wildman–Crippen MR) is 101 cm³/mol. The molecular formula is C17H16N4O4S2. The molecule has 140 valence electrons. The molecule has 1 aromatic carbocycles. The lowest BCUT2D eigenvalue weighted by Crippen LogP contribution is -2.14. The number of aryl methyl sites for hydroxylation is 1. The third-order valence-electron chi connectivity index (χ3n) is 3.36. The van der Waals surface area contributed by atoms with Gasteiger partial charge >= 0.3 is 5.97 Å². The monoisotopic (exact) mass is 404 g/mol. The number of ether oxygens (including phenoxy) is 1. The van der Waals surface area contributed by atoms with E-state index in [1.54, 1.807) is 35.6 Å². The first kappa shape index (κ1) is 19.1. The Labute approximate surface area is 163 Å². The molecule has 3 aromatic rings. The largest absolute Gasteiger partial charge is 0.465 e. The lowest BCUT2D eigenvalue weighted by molar-refractivity contribution is -0.113. The molecule has 3 rings (SSSR count). The molecule has 0 aliphatic rings. The minimum absolute atomic E-state index is 0.121. The van der Waals surface area contributed by atoms with Gasteiger partial charge in [0.05, 0.1) is 35.5 Å². The van der Waals surface area contributed by atoms with Crippen LogP contribution in [0.15, 0.2) is 39.3 Å². The Hall–Kier alpha value is -2.72. The molecule has 0 atom stereocenters. The van der Waals surface area contributed by atoms with Crippen molar-refractivity contribution in [2.75, 3.05) is 18.2 Å². The van der Waals surface area contributed by atoms with Crippen LogP contribution in [0.5, 0.6) is 0 Å². The van der Waals surface area contributed by atoms with E-state index in [9.17, 15) is 9.59 Å². The number of carbonyl (C=O) groups excluding carboxylic acids is 2. The fraction of sp³-hybridized carbons (Fsp3) is 0.235. The molecule has 0 unspecified atom stereocenters. The molecular weight excluding hydrogens is 388 g/mol. The number of amides is 1. The zero-order valence-corrected chi connectivity index (χ0v) is 16.2. The van der Waals surface area contributed by atoms with Gasteiger partial charge in [-0.15, -0.1) is 21.5 Å². The van der Waals surface area contributed by atoms with Crippen LogP contribution in [0.1, 0.15) is 27.0 Å². The lowest BCUT2D eigenvalue weighted by atomic mass is 10.2. The van der Waals surface area contributed by atoms with Gasteiger partial charge in [0.15, 0.2) is 0 Å². The number of anilines is 1. The van der Waals surface area contributed by atoms with E-state index in [1.165, 1.54) is 7.11 Å².